The number of benzene rings is 2. The van der Waals surface area contributed by atoms with Crippen LogP contribution in [0.1, 0.15) is 5.56 Å². The molecule has 1 heterocycles. The number of nitro benzene ring substituents is 1. The Hall–Kier alpha value is -3.09. The number of hydrazone groups is 1. The molecule has 112 valence electrons. The summed E-state index contributed by atoms with van der Waals surface area (Å²) in [5, 5.41) is 14.9. The van der Waals surface area contributed by atoms with E-state index in [2.05, 4.69) is 10.5 Å². The standard InChI is InChI=1S/C15H13N3O4/c19-18(20)13-4-2-1-3-12(13)17-16-10-11-5-6-14-15(9-11)22-8-7-21-14/h1-6,9-10,17H,7-8H2/b16-10-. The van der Waals surface area contributed by atoms with Gasteiger partial charge in [0.1, 0.15) is 18.9 Å². The molecular weight excluding hydrogens is 286 g/mol. The van der Waals surface area contributed by atoms with Crippen molar-refractivity contribution in [2.45, 2.75) is 0 Å². The Labute approximate surface area is 126 Å². The third-order valence-corrected chi connectivity index (χ3v) is 3.07. The van der Waals surface area contributed by atoms with Gasteiger partial charge in [-0.3, -0.25) is 15.5 Å². The maximum absolute atomic E-state index is 10.9. The fraction of sp³-hybridized carbons (Fsp3) is 0.133. The first-order valence-electron chi connectivity index (χ1n) is 6.66. The van der Waals surface area contributed by atoms with E-state index < -0.39 is 4.92 Å². The molecule has 0 fully saturated rings. The lowest BCUT2D eigenvalue weighted by Gasteiger charge is -2.18. The van der Waals surface area contributed by atoms with Gasteiger partial charge in [-0.05, 0) is 29.8 Å². The van der Waals surface area contributed by atoms with Crippen LogP contribution in [0.15, 0.2) is 47.6 Å². The second kappa shape index (κ2) is 6.13. The van der Waals surface area contributed by atoms with Gasteiger partial charge in [-0.2, -0.15) is 5.10 Å². The molecule has 22 heavy (non-hydrogen) atoms. The first-order valence-corrected chi connectivity index (χ1v) is 6.66. The van der Waals surface area contributed by atoms with Crippen molar-refractivity contribution in [2.24, 2.45) is 5.10 Å². The summed E-state index contributed by atoms with van der Waals surface area (Å²) in [4.78, 5) is 10.4. The van der Waals surface area contributed by atoms with Crippen LogP contribution in [0.2, 0.25) is 0 Å². The minimum atomic E-state index is -0.456. The Balaban J connectivity index is 1.74. The molecule has 0 saturated carbocycles. The number of nitrogens with zero attached hydrogens (tertiary/aromatic N) is 2. The minimum Gasteiger partial charge on any atom is -0.486 e. The van der Waals surface area contributed by atoms with E-state index in [1.54, 1.807) is 36.5 Å². The average molecular weight is 299 g/mol. The smallest absolute Gasteiger partial charge is 0.294 e. The number of nitrogens with one attached hydrogen (secondary N) is 1. The third kappa shape index (κ3) is 2.98. The van der Waals surface area contributed by atoms with Crippen LogP contribution in [0.5, 0.6) is 11.5 Å². The summed E-state index contributed by atoms with van der Waals surface area (Å²) in [6.45, 7) is 1.06. The van der Waals surface area contributed by atoms with Crippen molar-refractivity contribution in [3.63, 3.8) is 0 Å². The quantitative estimate of drug-likeness (QED) is 0.533. The predicted octanol–water partition coefficient (Wildman–Crippen LogP) is 2.81. The van der Waals surface area contributed by atoms with E-state index in [4.69, 9.17) is 9.47 Å². The lowest BCUT2D eigenvalue weighted by Crippen LogP contribution is -2.15. The van der Waals surface area contributed by atoms with Crippen molar-refractivity contribution in [1.29, 1.82) is 0 Å². The van der Waals surface area contributed by atoms with Crippen LogP contribution in [0.3, 0.4) is 0 Å². The summed E-state index contributed by atoms with van der Waals surface area (Å²) in [7, 11) is 0. The molecule has 7 nitrogen and oxygen atoms in total. The molecule has 0 spiro atoms. The van der Waals surface area contributed by atoms with Crippen molar-refractivity contribution >= 4 is 17.6 Å². The zero-order chi connectivity index (χ0) is 15.4. The van der Waals surface area contributed by atoms with E-state index >= 15 is 0 Å². The minimum absolute atomic E-state index is 0.0261. The van der Waals surface area contributed by atoms with Crippen molar-refractivity contribution in [1.82, 2.24) is 0 Å². The Morgan fingerprint density at radius 2 is 1.91 bits per heavy atom. The molecule has 0 atom stereocenters. The third-order valence-electron chi connectivity index (χ3n) is 3.07. The molecule has 1 aliphatic heterocycles. The number of para-hydroxylation sites is 2. The van der Waals surface area contributed by atoms with Crippen molar-refractivity contribution in [2.75, 3.05) is 18.6 Å². The molecular formula is C15H13N3O4. The highest BCUT2D eigenvalue weighted by Gasteiger charge is 2.12. The molecule has 0 aliphatic carbocycles. The molecule has 0 aromatic heterocycles. The molecule has 0 amide bonds. The normalized spacial score (nSPS) is 13.1. The molecule has 3 rings (SSSR count). The van der Waals surface area contributed by atoms with Gasteiger partial charge in [0, 0.05) is 6.07 Å². The van der Waals surface area contributed by atoms with E-state index in [9.17, 15) is 10.1 Å². The molecule has 0 bridgehead atoms. The van der Waals surface area contributed by atoms with Gasteiger partial charge in [-0.1, -0.05) is 12.1 Å². The second-order valence-corrected chi connectivity index (χ2v) is 4.55. The van der Waals surface area contributed by atoms with Gasteiger partial charge < -0.3 is 9.47 Å². The molecule has 0 radical (unpaired) electrons. The number of hydrogen-bond donors (Lipinski definition) is 1. The highest BCUT2D eigenvalue weighted by molar-refractivity contribution is 5.81. The lowest BCUT2D eigenvalue weighted by atomic mass is 10.2. The maximum Gasteiger partial charge on any atom is 0.294 e. The van der Waals surface area contributed by atoms with E-state index in [0.29, 0.717) is 30.4 Å². The van der Waals surface area contributed by atoms with Gasteiger partial charge in [0.25, 0.3) is 5.69 Å². The number of ether oxygens (including phenoxy) is 2. The summed E-state index contributed by atoms with van der Waals surface area (Å²) in [5.74, 6) is 1.37. The summed E-state index contributed by atoms with van der Waals surface area (Å²) >= 11 is 0. The Kier molecular flexibility index (Phi) is 3.86. The van der Waals surface area contributed by atoms with E-state index in [0.717, 1.165) is 5.56 Å². The fourth-order valence-corrected chi connectivity index (χ4v) is 2.04. The summed E-state index contributed by atoms with van der Waals surface area (Å²) in [6.07, 6.45) is 1.56. The zero-order valence-corrected chi connectivity index (χ0v) is 11.6. The molecule has 1 N–H and O–H groups in total. The molecule has 1 aliphatic rings. The highest BCUT2D eigenvalue weighted by Crippen LogP contribution is 2.30. The Bertz CT molecular complexity index is 730. The lowest BCUT2D eigenvalue weighted by molar-refractivity contribution is -0.384. The Morgan fingerprint density at radius 3 is 2.73 bits per heavy atom. The van der Waals surface area contributed by atoms with Crippen LogP contribution in [0.25, 0.3) is 0 Å². The number of anilines is 1. The van der Waals surface area contributed by atoms with Gasteiger partial charge in [0.05, 0.1) is 11.1 Å². The number of hydrogen-bond acceptors (Lipinski definition) is 6. The zero-order valence-electron chi connectivity index (χ0n) is 11.6. The number of rotatable bonds is 4. The highest BCUT2D eigenvalue weighted by atomic mass is 16.6. The van der Waals surface area contributed by atoms with Gasteiger partial charge >= 0.3 is 0 Å². The fourth-order valence-electron chi connectivity index (χ4n) is 2.04. The Morgan fingerprint density at radius 1 is 1.14 bits per heavy atom. The van der Waals surface area contributed by atoms with E-state index in [1.165, 1.54) is 6.07 Å². The SMILES string of the molecule is O=[N+]([O-])c1ccccc1N/N=C\c1ccc2c(c1)OCCO2. The molecule has 0 unspecified atom stereocenters. The van der Waals surface area contributed by atoms with E-state index in [1.807, 2.05) is 6.07 Å². The van der Waals surface area contributed by atoms with Crippen LogP contribution < -0.4 is 14.9 Å². The van der Waals surface area contributed by atoms with Crippen LogP contribution >= 0.6 is 0 Å². The summed E-state index contributed by atoms with van der Waals surface area (Å²) < 4.78 is 10.9. The van der Waals surface area contributed by atoms with Gasteiger partial charge in [0.15, 0.2) is 11.5 Å². The van der Waals surface area contributed by atoms with Crippen molar-refractivity contribution < 1.29 is 14.4 Å². The predicted molar refractivity (Wildman–Crippen MR) is 81.7 cm³/mol. The average Bonchev–Trinajstić information content (AvgIpc) is 2.55. The summed E-state index contributed by atoms with van der Waals surface area (Å²) in [5.41, 5.74) is 3.79. The molecule has 7 heteroatoms. The molecule has 0 saturated heterocycles. The van der Waals surface area contributed by atoms with Gasteiger partial charge in [-0.15, -0.1) is 0 Å². The number of nitro groups is 1. The topological polar surface area (TPSA) is 86.0 Å². The summed E-state index contributed by atoms with van der Waals surface area (Å²) in [6, 6.07) is 11.8. The first-order chi connectivity index (χ1) is 10.7. The van der Waals surface area contributed by atoms with Crippen LogP contribution in [0, 0.1) is 10.1 Å². The number of fused-ring (bicyclic) bond motifs is 1. The second-order valence-electron chi connectivity index (χ2n) is 4.55. The van der Waals surface area contributed by atoms with Gasteiger partial charge in [-0.25, -0.2) is 0 Å². The monoisotopic (exact) mass is 299 g/mol. The molecule has 2 aromatic carbocycles. The van der Waals surface area contributed by atoms with Gasteiger partial charge in [0.2, 0.25) is 0 Å². The largest absolute Gasteiger partial charge is 0.486 e. The molecule has 2 aromatic rings. The van der Waals surface area contributed by atoms with Crippen LogP contribution in [0.4, 0.5) is 11.4 Å². The van der Waals surface area contributed by atoms with Crippen molar-refractivity contribution in [3.05, 3.63) is 58.1 Å². The first kappa shape index (κ1) is 13.9. The van der Waals surface area contributed by atoms with Crippen LogP contribution in [-0.2, 0) is 0 Å². The van der Waals surface area contributed by atoms with E-state index in [-0.39, 0.29) is 5.69 Å². The maximum atomic E-state index is 10.9. The van der Waals surface area contributed by atoms with Crippen LogP contribution in [-0.4, -0.2) is 24.4 Å². The van der Waals surface area contributed by atoms with Crippen molar-refractivity contribution in [3.8, 4) is 11.5 Å².